The molecule has 0 aliphatic carbocycles. The summed E-state index contributed by atoms with van der Waals surface area (Å²) in [5, 5.41) is 0. The Labute approximate surface area is 114 Å². The summed E-state index contributed by atoms with van der Waals surface area (Å²) in [6.07, 6.45) is -0.00428. The number of esters is 1. The van der Waals surface area contributed by atoms with Crippen LogP contribution in [-0.2, 0) is 14.3 Å². The Hall–Kier alpha value is -2.18. The zero-order valence-corrected chi connectivity index (χ0v) is 10.7. The molecule has 1 unspecified atom stereocenters. The van der Waals surface area contributed by atoms with Gasteiger partial charge in [-0.05, 0) is 12.1 Å². The van der Waals surface area contributed by atoms with Crippen molar-refractivity contribution in [1.29, 1.82) is 0 Å². The van der Waals surface area contributed by atoms with Crippen LogP contribution in [0.5, 0.6) is 5.75 Å². The number of ether oxygens (including phenoxy) is 2. The summed E-state index contributed by atoms with van der Waals surface area (Å²) >= 11 is 0. The Kier molecular flexibility index (Phi) is 4.16. The van der Waals surface area contributed by atoms with E-state index in [1.165, 1.54) is 30.2 Å². The van der Waals surface area contributed by atoms with E-state index in [-0.39, 0.29) is 30.3 Å². The van der Waals surface area contributed by atoms with Crippen LogP contribution in [0.4, 0.5) is 14.5 Å². The molecule has 1 aliphatic heterocycles. The second-order valence-electron chi connectivity index (χ2n) is 4.27. The third kappa shape index (κ3) is 2.87. The maximum Gasteiger partial charge on any atom is 0.387 e. The number of halogens is 2. The third-order valence-electron chi connectivity index (χ3n) is 3.03. The number of hydrogen-bond acceptors (Lipinski definition) is 4. The van der Waals surface area contributed by atoms with E-state index in [1.54, 1.807) is 6.07 Å². The number of nitrogens with zero attached hydrogens (tertiary/aromatic N) is 1. The first-order valence-corrected chi connectivity index (χ1v) is 5.95. The van der Waals surface area contributed by atoms with Crippen LogP contribution in [0.2, 0.25) is 0 Å². The zero-order chi connectivity index (χ0) is 14.7. The number of methoxy groups -OCH3 is 1. The molecule has 2 rings (SSSR count). The van der Waals surface area contributed by atoms with E-state index in [0.717, 1.165) is 0 Å². The summed E-state index contributed by atoms with van der Waals surface area (Å²) in [6.45, 7) is -2.89. The molecule has 0 spiro atoms. The van der Waals surface area contributed by atoms with E-state index in [9.17, 15) is 18.4 Å². The van der Waals surface area contributed by atoms with E-state index in [0.29, 0.717) is 0 Å². The van der Waals surface area contributed by atoms with Gasteiger partial charge in [-0.25, -0.2) is 0 Å². The molecule has 7 heteroatoms. The first-order valence-electron chi connectivity index (χ1n) is 5.95. The van der Waals surface area contributed by atoms with Gasteiger partial charge in [0.05, 0.1) is 18.7 Å². The van der Waals surface area contributed by atoms with Crippen molar-refractivity contribution in [1.82, 2.24) is 0 Å². The Bertz CT molecular complexity index is 521. The molecule has 5 nitrogen and oxygen atoms in total. The fourth-order valence-corrected chi connectivity index (χ4v) is 2.14. The van der Waals surface area contributed by atoms with Crippen molar-refractivity contribution < 1.29 is 27.8 Å². The van der Waals surface area contributed by atoms with Crippen molar-refractivity contribution in [3.05, 3.63) is 24.3 Å². The number of amides is 1. The average Bonchev–Trinajstić information content (AvgIpc) is 2.80. The number of rotatable bonds is 4. The summed E-state index contributed by atoms with van der Waals surface area (Å²) < 4.78 is 33.7. The Balaban J connectivity index is 2.24. The standard InChI is InChI=1S/C13H13F2NO4/c1-19-12(18)8-6-11(17)16(7-8)9-4-2-3-5-10(9)20-13(14)15/h2-5,8,13H,6-7H2,1H3. The van der Waals surface area contributed by atoms with Crippen LogP contribution in [0.25, 0.3) is 0 Å². The van der Waals surface area contributed by atoms with Crippen molar-refractivity contribution in [2.45, 2.75) is 13.0 Å². The molecule has 1 aromatic carbocycles. The SMILES string of the molecule is COC(=O)C1CC(=O)N(c2ccccc2OC(F)F)C1. The Morgan fingerprint density at radius 1 is 1.40 bits per heavy atom. The second-order valence-corrected chi connectivity index (χ2v) is 4.27. The van der Waals surface area contributed by atoms with Gasteiger partial charge in [0, 0.05) is 13.0 Å². The lowest BCUT2D eigenvalue weighted by Crippen LogP contribution is -2.26. The largest absolute Gasteiger partial charge is 0.469 e. The highest BCUT2D eigenvalue weighted by molar-refractivity contribution is 6.00. The smallest absolute Gasteiger partial charge is 0.387 e. The molecule has 108 valence electrons. The molecule has 0 aromatic heterocycles. The molecule has 1 fully saturated rings. The van der Waals surface area contributed by atoms with Crippen LogP contribution in [0.3, 0.4) is 0 Å². The van der Waals surface area contributed by atoms with Crippen molar-refractivity contribution >= 4 is 17.6 Å². The minimum atomic E-state index is -2.98. The van der Waals surface area contributed by atoms with Gasteiger partial charge in [-0.2, -0.15) is 8.78 Å². The minimum absolute atomic E-state index is 0.00428. The summed E-state index contributed by atoms with van der Waals surface area (Å²) in [7, 11) is 1.24. The minimum Gasteiger partial charge on any atom is -0.469 e. The van der Waals surface area contributed by atoms with E-state index in [4.69, 9.17) is 0 Å². The predicted molar refractivity (Wildman–Crippen MR) is 65.6 cm³/mol. The van der Waals surface area contributed by atoms with Gasteiger partial charge in [-0.15, -0.1) is 0 Å². The van der Waals surface area contributed by atoms with Crippen LogP contribution in [0.1, 0.15) is 6.42 Å². The molecule has 0 N–H and O–H groups in total. The lowest BCUT2D eigenvalue weighted by atomic mass is 10.1. The van der Waals surface area contributed by atoms with Crippen LogP contribution >= 0.6 is 0 Å². The quantitative estimate of drug-likeness (QED) is 0.792. The molecule has 1 amide bonds. The van der Waals surface area contributed by atoms with Gasteiger partial charge in [-0.1, -0.05) is 12.1 Å². The Morgan fingerprint density at radius 2 is 2.10 bits per heavy atom. The highest BCUT2D eigenvalue weighted by atomic mass is 19.3. The highest BCUT2D eigenvalue weighted by Gasteiger charge is 2.37. The van der Waals surface area contributed by atoms with Crippen molar-refractivity contribution in [3.8, 4) is 5.75 Å². The highest BCUT2D eigenvalue weighted by Crippen LogP contribution is 2.34. The number of para-hydroxylation sites is 2. The van der Waals surface area contributed by atoms with Crippen molar-refractivity contribution in [3.63, 3.8) is 0 Å². The number of alkyl halides is 2. The topological polar surface area (TPSA) is 55.8 Å². The number of carbonyl (C=O) groups excluding carboxylic acids is 2. The normalized spacial score (nSPS) is 18.5. The van der Waals surface area contributed by atoms with Crippen LogP contribution in [0, 0.1) is 5.92 Å². The van der Waals surface area contributed by atoms with Crippen molar-refractivity contribution in [2.24, 2.45) is 5.92 Å². The summed E-state index contributed by atoms with van der Waals surface area (Å²) in [6, 6.07) is 5.97. The molecular weight excluding hydrogens is 272 g/mol. The van der Waals surface area contributed by atoms with Crippen LogP contribution in [0.15, 0.2) is 24.3 Å². The lowest BCUT2D eigenvalue weighted by Gasteiger charge is -2.19. The van der Waals surface area contributed by atoms with E-state index < -0.39 is 18.5 Å². The molecule has 0 bridgehead atoms. The summed E-state index contributed by atoms with van der Waals surface area (Å²) in [5.74, 6) is -1.51. The van der Waals surface area contributed by atoms with Crippen molar-refractivity contribution in [2.75, 3.05) is 18.6 Å². The second kappa shape index (κ2) is 5.85. The maximum atomic E-state index is 12.3. The van der Waals surface area contributed by atoms with E-state index in [2.05, 4.69) is 9.47 Å². The molecular formula is C13H13F2NO4. The monoisotopic (exact) mass is 285 g/mol. The average molecular weight is 285 g/mol. The fourth-order valence-electron chi connectivity index (χ4n) is 2.14. The molecule has 1 aromatic rings. The molecule has 1 saturated heterocycles. The van der Waals surface area contributed by atoms with Gasteiger partial charge in [0.15, 0.2) is 0 Å². The number of carbonyl (C=O) groups is 2. The van der Waals surface area contributed by atoms with Gasteiger partial charge in [0.2, 0.25) is 5.91 Å². The summed E-state index contributed by atoms with van der Waals surface area (Å²) in [5.41, 5.74) is 0.226. The molecule has 1 heterocycles. The van der Waals surface area contributed by atoms with E-state index >= 15 is 0 Å². The maximum absolute atomic E-state index is 12.3. The first-order chi connectivity index (χ1) is 9.52. The van der Waals surface area contributed by atoms with Gasteiger partial charge in [0.25, 0.3) is 0 Å². The molecule has 0 saturated carbocycles. The zero-order valence-electron chi connectivity index (χ0n) is 10.7. The van der Waals surface area contributed by atoms with Gasteiger partial charge < -0.3 is 14.4 Å². The number of hydrogen-bond donors (Lipinski definition) is 0. The number of benzene rings is 1. The molecule has 1 atom stereocenters. The van der Waals surface area contributed by atoms with Gasteiger partial charge in [0.1, 0.15) is 5.75 Å². The molecule has 1 aliphatic rings. The number of anilines is 1. The van der Waals surface area contributed by atoms with Crippen LogP contribution < -0.4 is 9.64 Å². The first kappa shape index (κ1) is 14.2. The predicted octanol–water partition coefficient (Wildman–Crippen LogP) is 1.81. The Morgan fingerprint density at radius 3 is 2.75 bits per heavy atom. The van der Waals surface area contributed by atoms with E-state index in [1.807, 2.05) is 0 Å². The fraction of sp³-hybridized carbons (Fsp3) is 0.385. The van der Waals surface area contributed by atoms with Crippen LogP contribution in [-0.4, -0.2) is 32.1 Å². The molecule has 0 radical (unpaired) electrons. The molecule has 20 heavy (non-hydrogen) atoms. The lowest BCUT2D eigenvalue weighted by molar-refractivity contribution is -0.145. The van der Waals surface area contributed by atoms with Gasteiger partial charge in [-0.3, -0.25) is 9.59 Å². The third-order valence-corrected chi connectivity index (χ3v) is 3.03. The summed E-state index contributed by atoms with van der Waals surface area (Å²) in [4.78, 5) is 24.6. The van der Waals surface area contributed by atoms with Gasteiger partial charge >= 0.3 is 12.6 Å².